The highest BCUT2D eigenvalue weighted by Crippen LogP contribution is 2.28. The first kappa shape index (κ1) is 18.3. The number of pyridine rings is 1. The standard InChI is InChI=1S/C20H29N3O/c1-14(2)18-13-15(3)20(24)21-19(18)16-7-9-17(10-8-16)23(6)12-11-22(4)5/h7-10,13-14H,11-12H2,1-6H3,(H,21,24). The van der Waals surface area contributed by atoms with Gasteiger partial charge in [-0.25, -0.2) is 0 Å². The summed E-state index contributed by atoms with van der Waals surface area (Å²) in [4.78, 5) is 19.5. The van der Waals surface area contributed by atoms with Gasteiger partial charge in [0.05, 0.1) is 5.69 Å². The smallest absolute Gasteiger partial charge is 0.251 e. The molecule has 1 aromatic heterocycles. The molecule has 2 aromatic rings. The van der Waals surface area contributed by atoms with E-state index in [2.05, 4.69) is 74.0 Å². The third-order valence-electron chi connectivity index (χ3n) is 4.36. The van der Waals surface area contributed by atoms with Crippen LogP contribution in [0.25, 0.3) is 11.3 Å². The van der Waals surface area contributed by atoms with E-state index in [9.17, 15) is 4.79 Å². The molecule has 4 nitrogen and oxygen atoms in total. The maximum absolute atomic E-state index is 12.0. The lowest BCUT2D eigenvalue weighted by atomic mass is 9.96. The SMILES string of the molecule is Cc1cc(C(C)C)c(-c2ccc(N(C)CCN(C)C)cc2)[nH]c1=O. The molecule has 0 spiro atoms. The normalized spacial score (nSPS) is 11.3. The molecule has 0 saturated heterocycles. The van der Waals surface area contributed by atoms with Crippen LogP contribution in [0, 0.1) is 6.92 Å². The lowest BCUT2D eigenvalue weighted by Crippen LogP contribution is -2.28. The van der Waals surface area contributed by atoms with Crippen molar-refractivity contribution in [2.45, 2.75) is 26.7 Å². The largest absolute Gasteiger partial charge is 0.373 e. The summed E-state index contributed by atoms with van der Waals surface area (Å²) in [5.41, 5.74) is 5.11. The van der Waals surface area contributed by atoms with E-state index < -0.39 is 0 Å². The number of rotatable bonds is 6. The van der Waals surface area contributed by atoms with Crippen LogP contribution in [0.2, 0.25) is 0 Å². The lowest BCUT2D eigenvalue weighted by molar-refractivity contribution is 0.416. The van der Waals surface area contributed by atoms with Gasteiger partial charge < -0.3 is 14.8 Å². The molecule has 0 amide bonds. The van der Waals surface area contributed by atoms with Crippen LogP contribution >= 0.6 is 0 Å². The minimum Gasteiger partial charge on any atom is -0.373 e. The number of aromatic nitrogens is 1. The van der Waals surface area contributed by atoms with Crippen molar-refractivity contribution < 1.29 is 0 Å². The minimum atomic E-state index is -0.0124. The third-order valence-corrected chi connectivity index (χ3v) is 4.36. The van der Waals surface area contributed by atoms with Crippen LogP contribution in [0.15, 0.2) is 35.1 Å². The Morgan fingerprint density at radius 3 is 2.21 bits per heavy atom. The van der Waals surface area contributed by atoms with Crippen LogP contribution in [-0.4, -0.2) is 44.1 Å². The Bertz CT molecular complexity index is 730. The summed E-state index contributed by atoms with van der Waals surface area (Å²) in [5.74, 6) is 0.359. The molecule has 0 aliphatic heterocycles. The molecule has 0 radical (unpaired) electrons. The van der Waals surface area contributed by atoms with Crippen molar-refractivity contribution in [2.75, 3.05) is 39.1 Å². The Labute approximate surface area is 145 Å². The first-order valence-electron chi connectivity index (χ1n) is 8.49. The van der Waals surface area contributed by atoms with E-state index >= 15 is 0 Å². The van der Waals surface area contributed by atoms with Gasteiger partial charge in [0.2, 0.25) is 0 Å². The molecule has 0 bridgehead atoms. The van der Waals surface area contributed by atoms with Gasteiger partial charge in [-0.15, -0.1) is 0 Å². The fourth-order valence-electron chi connectivity index (χ4n) is 2.71. The van der Waals surface area contributed by atoms with Gasteiger partial charge in [-0.1, -0.05) is 26.0 Å². The third kappa shape index (κ3) is 4.26. The Hall–Kier alpha value is -2.07. The zero-order valence-electron chi connectivity index (χ0n) is 15.7. The predicted molar refractivity (Wildman–Crippen MR) is 103 cm³/mol. The van der Waals surface area contributed by atoms with E-state index in [1.165, 1.54) is 11.3 Å². The number of likely N-dealkylation sites (N-methyl/N-ethyl adjacent to an activating group) is 2. The molecule has 0 aliphatic carbocycles. The fourth-order valence-corrected chi connectivity index (χ4v) is 2.71. The number of aromatic amines is 1. The van der Waals surface area contributed by atoms with Gasteiger partial charge in [0.1, 0.15) is 0 Å². The van der Waals surface area contributed by atoms with Crippen molar-refractivity contribution in [3.05, 3.63) is 51.8 Å². The summed E-state index contributed by atoms with van der Waals surface area (Å²) in [6, 6.07) is 10.4. The molecule has 0 aliphatic rings. The zero-order valence-corrected chi connectivity index (χ0v) is 15.7. The quantitative estimate of drug-likeness (QED) is 0.883. The van der Waals surface area contributed by atoms with Crippen LogP contribution in [-0.2, 0) is 0 Å². The number of anilines is 1. The fraction of sp³-hybridized carbons (Fsp3) is 0.450. The van der Waals surface area contributed by atoms with Crippen LogP contribution in [0.3, 0.4) is 0 Å². The molecule has 0 fully saturated rings. The molecule has 4 heteroatoms. The molecule has 0 unspecified atom stereocenters. The number of aryl methyl sites for hydroxylation is 1. The summed E-state index contributed by atoms with van der Waals surface area (Å²) in [6.07, 6.45) is 0. The van der Waals surface area contributed by atoms with Crippen LogP contribution in [0.4, 0.5) is 5.69 Å². The van der Waals surface area contributed by atoms with Crippen molar-refractivity contribution in [3.63, 3.8) is 0 Å². The number of hydrogen-bond acceptors (Lipinski definition) is 3. The number of H-pyrrole nitrogens is 1. The van der Waals surface area contributed by atoms with E-state index in [0.29, 0.717) is 5.92 Å². The molecule has 1 N–H and O–H groups in total. The maximum Gasteiger partial charge on any atom is 0.251 e. The highest BCUT2D eigenvalue weighted by Gasteiger charge is 2.12. The first-order chi connectivity index (χ1) is 11.3. The monoisotopic (exact) mass is 327 g/mol. The molecule has 1 heterocycles. The second-order valence-corrected chi connectivity index (χ2v) is 7.04. The van der Waals surface area contributed by atoms with E-state index in [0.717, 1.165) is 29.9 Å². The van der Waals surface area contributed by atoms with Gasteiger partial charge in [0.25, 0.3) is 5.56 Å². The number of nitrogens with zero attached hydrogens (tertiary/aromatic N) is 2. The predicted octanol–water partition coefficient (Wildman–Crippen LogP) is 3.47. The molecular formula is C20H29N3O. The molecular weight excluding hydrogens is 298 g/mol. The topological polar surface area (TPSA) is 39.3 Å². The average molecular weight is 327 g/mol. The van der Waals surface area contributed by atoms with Crippen molar-refractivity contribution in [1.82, 2.24) is 9.88 Å². The molecule has 130 valence electrons. The Balaban J connectivity index is 2.31. The molecule has 1 aromatic carbocycles. The zero-order chi connectivity index (χ0) is 17.9. The highest BCUT2D eigenvalue weighted by molar-refractivity contribution is 5.66. The minimum absolute atomic E-state index is 0.0124. The van der Waals surface area contributed by atoms with Gasteiger partial charge in [0, 0.05) is 31.4 Å². The van der Waals surface area contributed by atoms with Crippen molar-refractivity contribution in [2.24, 2.45) is 0 Å². The van der Waals surface area contributed by atoms with Crippen molar-refractivity contribution >= 4 is 5.69 Å². The summed E-state index contributed by atoms with van der Waals surface area (Å²) in [6.45, 7) is 8.16. The van der Waals surface area contributed by atoms with Gasteiger partial charge in [-0.05, 0) is 56.3 Å². The van der Waals surface area contributed by atoms with Crippen molar-refractivity contribution in [1.29, 1.82) is 0 Å². The van der Waals surface area contributed by atoms with Gasteiger partial charge in [-0.3, -0.25) is 4.79 Å². The first-order valence-corrected chi connectivity index (χ1v) is 8.49. The number of nitrogens with one attached hydrogen (secondary N) is 1. The summed E-state index contributed by atoms with van der Waals surface area (Å²) in [5, 5.41) is 0. The summed E-state index contributed by atoms with van der Waals surface area (Å²) in [7, 11) is 6.27. The highest BCUT2D eigenvalue weighted by atomic mass is 16.1. The molecule has 24 heavy (non-hydrogen) atoms. The Morgan fingerprint density at radius 2 is 1.67 bits per heavy atom. The number of hydrogen-bond donors (Lipinski definition) is 1. The second kappa shape index (κ2) is 7.67. The second-order valence-electron chi connectivity index (χ2n) is 7.04. The maximum atomic E-state index is 12.0. The van der Waals surface area contributed by atoms with Gasteiger partial charge >= 0.3 is 0 Å². The molecule has 0 saturated carbocycles. The van der Waals surface area contributed by atoms with Crippen LogP contribution in [0.1, 0.15) is 30.9 Å². The van der Waals surface area contributed by atoms with Gasteiger partial charge in [0.15, 0.2) is 0 Å². The Kier molecular flexibility index (Phi) is 5.84. The molecule has 0 atom stereocenters. The van der Waals surface area contributed by atoms with Crippen molar-refractivity contribution in [3.8, 4) is 11.3 Å². The van der Waals surface area contributed by atoms with E-state index in [1.807, 2.05) is 13.0 Å². The van der Waals surface area contributed by atoms with Gasteiger partial charge in [-0.2, -0.15) is 0 Å². The Morgan fingerprint density at radius 1 is 1.04 bits per heavy atom. The van der Waals surface area contributed by atoms with Crippen LogP contribution < -0.4 is 10.5 Å². The van der Waals surface area contributed by atoms with E-state index in [1.54, 1.807) is 0 Å². The number of benzene rings is 1. The van der Waals surface area contributed by atoms with Crippen LogP contribution in [0.5, 0.6) is 0 Å². The summed E-state index contributed by atoms with van der Waals surface area (Å²) < 4.78 is 0. The van der Waals surface area contributed by atoms with E-state index in [4.69, 9.17) is 0 Å². The average Bonchev–Trinajstić information content (AvgIpc) is 2.54. The lowest BCUT2D eigenvalue weighted by Gasteiger charge is -2.22. The summed E-state index contributed by atoms with van der Waals surface area (Å²) >= 11 is 0. The van der Waals surface area contributed by atoms with E-state index in [-0.39, 0.29) is 5.56 Å². The molecule has 2 rings (SSSR count).